The largest absolute Gasteiger partial charge is 0.483 e. The molecule has 1 N–H and O–H groups in total. The fourth-order valence-corrected chi connectivity index (χ4v) is 3.25. The third-order valence-corrected chi connectivity index (χ3v) is 4.94. The van der Waals surface area contributed by atoms with E-state index in [0.717, 1.165) is 11.1 Å². The number of aromatic nitrogens is 1. The van der Waals surface area contributed by atoms with E-state index in [4.69, 9.17) is 25.6 Å². The van der Waals surface area contributed by atoms with Crippen molar-refractivity contribution in [2.45, 2.75) is 33.6 Å². The average molecular weight is 457 g/mol. The lowest BCUT2D eigenvalue weighted by Gasteiger charge is -2.14. The monoisotopic (exact) mass is 456 g/mol. The van der Waals surface area contributed by atoms with Gasteiger partial charge in [-0.25, -0.2) is 4.79 Å². The summed E-state index contributed by atoms with van der Waals surface area (Å²) in [5.41, 5.74) is 2.90. The van der Waals surface area contributed by atoms with Crippen LogP contribution in [0.1, 0.15) is 48.2 Å². The maximum atomic E-state index is 12.6. The normalized spacial score (nSPS) is 10.8. The molecule has 168 valence electrons. The summed E-state index contributed by atoms with van der Waals surface area (Å²) < 4.78 is 16.2. The van der Waals surface area contributed by atoms with E-state index in [0.29, 0.717) is 16.3 Å². The van der Waals surface area contributed by atoms with Crippen LogP contribution in [0.15, 0.2) is 47.0 Å². The molecule has 3 rings (SSSR count). The van der Waals surface area contributed by atoms with Gasteiger partial charge in [0.15, 0.2) is 12.2 Å². The van der Waals surface area contributed by atoms with Gasteiger partial charge in [-0.3, -0.25) is 10.1 Å². The predicted molar refractivity (Wildman–Crippen MR) is 122 cm³/mol. The number of aryl methyl sites for hydroxylation is 1. The molecular formula is C24H25ClN2O5. The van der Waals surface area contributed by atoms with Crippen LogP contribution in [0.3, 0.4) is 0 Å². The molecule has 0 spiro atoms. The molecule has 1 heterocycles. The van der Waals surface area contributed by atoms with Crippen molar-refractivity contribution in [1.82, 2.24) is 5.16 Å². The van der Waals surface area contributed by atoms with Crippen LogP contribution in [-0.4, -0.2) is 30.2 Å². The maximum absolute atomic E-state index is 12.6. The van der Waals surface area contributed by atoms with Crippen molar-refractivity contribution in [2.24, 2.45) is 0 Å². The van der Waals surface area contributed by atoms with E-state index in [1.54, 1.807) is 31.2 Å². The van der Waals surface area contributed by atoms with Crippen LogP contribution in [0.2, 0.25) is 5.02 Å². The molecule has 0 atom stereocenters. The minimum absolute atomic E-state index is 0.0287. The van der Waals surface area contributed by atoms with Crippen molar-refractivity contribution < 1.29 is 23.6 Å². The highest BCUT2D eigenvalue weighted by molar-refractivity contribution is 6.30. The zero-order valence-corrected chi connectivity index (χ0v) is 19.2. The molecule has 0 bridgehead atoms. The van der Waals surface area contributed by atoms with Crippen LogP contribution in [0.4, 0.5) is 5.88 Å². The van der Waals surface area contributed by atoms with Gasteiger partial charge in [0.1, 0.15) is 11.4 Å². The molecule has 0 fully saturated rings. The van der Waals surface area contributed by atoms with Crippen molar-refractivity contribution >= 4 is 29.4 Å². The van der Waals surface area contributed by atoms with Crippen LogP contribution in [0.25, 0.3) is 11.3 Å². The van der Waals surface area contributed by atoms with Gasteiger partial charge in [0.05, 0.1) is 6.61 Å². The van der Waals surface area contributed by atoms with Crippen LogP contribution in [0, 0.1) is 6.92 Å². The minimum atomic E-state index is -0.657. The Bertz CT molecular complexity index is 1110. The fraction of sp³-hybridized carbons (Fsp3) is 0.292. The van der Waals surface area contributed by atoms with E-state index in [2.05, 4.69) is 24.3 Å². The van der Waals surface area contributed by atoms with Crippen molar-refractivity contribution in [3.8, 4) is 17.0 Å². The number of esters is 1. The molecule has 0 radical (unpaired) electrons. The van der Waals surface area contributed by atoms with Gasteiger partial charge in [-0.2, -0.15) is 0 Å². The standard InChI is InChI=1S/C24H25ClN2O5/c1-5-30-24(29)21-22(16-7-9-17(25)10-8-16)27-32-23(21)26-20(28)13-31-19-12-15(4)6-11-18(19)14(2)3/h6-12,14H,5,13H2,1-4H3,(H,26,28). The van der Waals surface area contributed by atoms with Gasteiger partial charge in [-0.1, -0.05) is 54.9 Å². The number of anilines is 1. The van der Waals surface area contributed by atoms with Crippen molar-refractivity contribution in [3.05, 3.63) is 64.2 Å². The summed E-state index contributed by atoms with van der Waals surface area (Å²) >= 11 is 5.94. The number of rotatable bonds is 8. The Morgan fingerprint density at radius 1 is 1.16 bits per heavy atom. The van der Waals surface area contributed by atoms with Gasteiger partial charge in [0.25, 0.3) is 5.91 Å². The fourth-order valence-electron chi connectivity index (χ4n) is 3.12. The van der Waals surface area contributed by atoms with Crippen LogP contribution in [-0.2, 0) is 9.53 Å². The molecule has 0 aliphatic rings. The number of nitrogens with zero attached hydrogens (tertiary/aromatic N) is 1. The summed E-state index contributed by atoms with van der Waals surface area (Å²) in [5, 5.41) is 7.07. The maximum Gasteiger partial charge on any atom is 0.346 e. The van der Waals surface area contributed by atoms with E-state index in [-0.39, 0.29) is 36.3 Å². The molecule has 3 aromatic rings. The second-order valence-corrected chi connectivity index (χ2v) is 7.93. The number of nitrogens with one attached hydrogen (secondary N) is 1. The third kappa shape index (κ3) is 5.48. The van der Waals surface area contributed by atoms with E-state index < -0.39 is 11.9 Å². The van der Waals surface area contributed by atoms with E-state index in [1.807, 2.05) is 25.1 Å². The molecule has 8 heteroatoms. The molecule has 0 aliphatic carbocycles. The Kier molecular flexibility index (Phi) is 7.53. The van der Waals surface area contributed by atoms with Gasteiger partial charge in [0.2, 0.25) is 5.88 Å². The number of carbonyl (C=O) groups is 2. The van der Waals surface area contributed by atoms with Crippen LogP contribution < -0.4 is 10.1 Å². The summed E-state index contributed by atoms with van der Waals surface area (Å²) in [6.45, 7) is 7.64. The average Bonchev–Trinajstić information content (AvgIpc) is 3.16. The highest BCUT2D eigenvalue weighted by Gasteiger charge is 2.27. The van der Waals surface area contributed by atoms with Gasteiger partial charge < -0.3 is 14.0 Å². The van der Waals surface area contributed by atoms with Crippen LogP contribution in [0.5, 0.6) is 5.75 Å². The third-order valence-electron chi connectivity index (χ3n) is 4.69. The molecule has 1 amide bonds. The molecule has 7 nitrogen and oxygen atoms in total. The second kappa shape index (κ2) is 10.3. The van der Waals surface area contributed by atoms with E-state index in [9.17, 15) is 9.59 Å². The number of hydrogen-bond donors (Lipinski definition) is 1. The Labute approximate surface area is 191 Å². The zero-order chi connectivity index (χ0) is 23.3. The SMILES string of the molecule is CCOC(=O)c1c(-c2ccc(Cl)cc2)noc1NC(=O)COc1cc(C)ccc1C(C)C. The van der Waals surface area contributed by atoms with Gasteiger partial charge in [-0.05, 0) is 49.1 Å². The minimum Gasteiger partial charge on any atom is -0.483 e. The summed E-state index contributed by atoms with van der Waals surface area (Å²) in [5.74, 6) is -0.378. The van der Waals surface area contributed by atoms with E-state index >= 15 is 0 Å². The quantitative estimate of drug-likeness (QED) is 0.442. The lowest BCUT2D eigenvalue weighted by Crippen LogP contribution is -2.22. The number of carbonyl (C=O) groups excluding carboxylic acids is 2. The molecule has 32 heavy (non-hydrogen) atoms. The number of amides is 1. The molecule has 1 aromatic heterocycles. The van der Waals surface area contributed by atoms with Gasteiger partial charge in [-0.15, -0.1) is 0 Å². The molecule has 0 aliphatic heterocycles. The smallest absolute Gasteiger partial charge is 0.346 e. The Balaban J connectivity index is 1.81. The highest BCUT2D eigenvalue weighted by atomic mass is 35.5. The van der Waals surface area contributed by atoms with Crippen LogP contribution >= 0.6 is 11.6 Å². The molecular weight excluding hydrogens is 432 g/mol. The summed E-state index contributed by atoms with van der Waals surface area (Å²) in [6, 6.07) is 12.6. The first-order chi connectivity index (χ1) is 15.3. The summed E-state index contributed by atoms with van der Waals surface area (Å²) in [4.78, 5) is 25.2. The highest BCUT2D eigenvalue weighted by Crippen LogP contribution is 2.31. The number of ether oxygens (including phenoxy) is 2. The number of benzene rings is 2. The zero-order valence-electron chi connectivity index (χ0n) is 18.4. The lowest BCUT2D eigenvalue weighted by atomic mass is 10.0. The van der Waals surface area contributed by atoms with Crippen molar-refractivity contribution in [3.63, 3.8) is 0 Å². The second-order valence-electron chi connectivity index (χ2n) is 7.50. The lowest BCUT2D eigenvalue weighted by molar-refractivity contribution is -0.118. The van der Waals surface area contributed by atoms with E-state index in [1.165, 1.54) is 0 Å². The Morgan fingerprint density at radius 3 is 2.53 bits per heavy atom. The Hall–Kier alpha value is -3.32. The predicted octanol–water partition coefficient (Wildman–Crippen LogP) is 5.62. The molecule has 0 saturated heterocycles. The first-order valence-electron chi connectivity index (χ1n) is 10.3. The van der Waals surface area contributed by atoms with Crippen molar-refractivity contribution in [1.29, 1.82) is 0 Å². The topological polar surface area (TPSA) is 90.7 Å². The Morgan fingerprint density at radius 2 is 1.88 bits per heavy atom. The molecule has 2 aromatic carbocycles. The van der Waals surface area contributed by atoms with Gasteiger partial charge >= 0.3 is 5.97 Å². The summed E-state index contributed by atoms with van der Waals surface area (Å²) in [7, 11) is 0. The summed E-state index contributed by atoms with van der Waals surface area (Å²) in [6.07, 6.45) is 0. The number of hydrogen-bond acceptors (Lipinski definition) is 6. The van der Waals surface area contributed by atoms with Crippen molar-refractivity contribution in [2.75, 3.05) is 18.5 Å². The molecule has 0 saturated carbocycles. The van der Waals surface area contributed by atoms with Gasteiger partial charge in [0, 0.05) is 10.6 Å². The first-order valence-corrected chi connectivity index (χ1v) is 10.6. The number of halogens is 1. The first kappa shape index (κ1) is 23.3. The molecule has 0 unspecified atom stereocenters.